The number of halogens is 6. The van der Waals surface area contributed by atoms with E-state index in [0.717, 1.165) is 43.4 Å². The van der Waals surface area contributed by atoms with E-state index in [2.05, 4.69) is 22.6 Å². The summed E-state index contributed by atoms with van der Waals surface area (Å²) in [5, 5.41) is 7.62. The summed E-state index contributed by atoms with van der Waals surface area (Å²) in [6.07, 6.45) is 0.980. The van der Waals surface area contributed by atoms with Crippen molar-refractivity contribution >= 4 is 11.9 Å². The van der Waals surface area contributed by atoms with E-state index in [4.69, 9.17) is 4.84 Å². The molecule has 8 nitrogen and oxygen atoms in total. The molecule has 14 heteroatoms. The molecule has 3 unspecified atom stereocenters. The smallest absolute Gasteiger partial charge is 0.380 e. The molecule has 2 aliphatic carbocycles. The Labute approximate surface area is 262 Å². The van der Waals surface area contributed by atoms with Gasteiger partial charge in [-0.3, -0.25) is 9.48 Å². The van der Waals surface area contributed by atoms with Crippen LogP contribution in [0.3, 0.4) is 0 Å². The first kappa shape index (κ1) is 32.0. The zero-order valence-electron chi connectivity index (χ0n) is 25.0. The number of alkyl halides is 6. The zero-order chi connectivity index (χ0) is 32.6. The molecule has 2 fully saturated rings. The SMILES string of the molecule is O=C(Cn1nc(C(F)(F)F)cc1C(F)(F)F)N1CCC(C2CC3CC=CC=C3ON(C(=O)NC3CCCc4ccccc43)C2)CC1. The molecule has 3 atom stereocenters. The van der Waals surface area contributed by atoms with Gasteiger partial charge >= 0.3 is 18.4 Å². The first-order valence-corrected chi connectivity index (χ1v) is 15.6. The van der Waals surface area contributed by atoms with Gasteiger partial charge in [0.05, 0.1) is 12.6 Å². The van der Waals surface area contributed by atoms with Crippen molar-refractivity contribution in [3.63, 3.8) is 0 Å². The quantitative estimate of drug-likeness (QED) is 0.375. The number of nitrogens with one attached hydrogen (secondary N) is 1. The number of amides is 3. The summed E-state index contributed by atoms with van der Waals surface area (Å²) < 4.78 is 79.6. The van der Waals surface area contributed by atoms with Crippen molar-refractivity contribution < 1.29 is 40.8 Å². The number of aryl methyl sites for hydroxylation is 1. The van der Waals surface area contributed by atoms with Crippen molar-refractivity contribution in [3.8, 4) is 0 Å². The largest absolute Gasteiger partial charge is 0.435 e. The van der Waals surface area contributed by atoms with E-state index in [1.807, 2.05) is 30.4 Å². The second-order valence-corrected chi connectivity index (χ2v) is 12.5. The van der Waals surface area contributed by atoms with Crippen molar-refractivity contribution in [1.29, 1.82) is 0 Å². The van der Waals surface area contributed by atoms with Crippen molar-refractivity contribution in [2.45, 2.75) is 69.9 Å². The lowest BCUT2D eigenvalue weighted by Gasteiger charge is -2.37. The third kappa shape index (κ3) is 6.90. The summed E-state index contributed by atoms with van der Waals surface area (Å²) in [6.45, 7) is -0.162. The first-order valence-electron chi connectivity index (χ1n) is 15.6. The molecule has 6 rings (SSSR count). The number of rotatable bonds is 4. The summed E-state index contributed by atoms with van der Waals surface area (Å²) in [4.78, 5) is 34.2. The molecule has 4 aliphatic rings. The fraction of sp³-hybridized carbons (Fsp3) is 0.531. The summed E-state index contributed by atoms with van der Waals surface area (Å²) in [5.41, 5.74) is -0.996. The monoisotopic (exact) mass is 651 g/mol. The van der Waals surface area contributed by atoms with Crippen molar-refractivity contribution in [1.82, 2.24) is 25.1 Å². The van der Waals surface area contributed by atoms with Gasteiger partial charge in [0.2, 0.25) is 5.91 Å². The predicted molar refractivity (Wildman–Crippen MR) is 153 cm³/mol. The molecule has 1 aromatic heterocycles. The fourth-order valence-corrected chi connectivity index (χ4v) is 7.14. The van der Waals surface area contributed by atoms with E-state index in [-0.39, 0.29) is 53.7 Å². The molecule has 0 saturated carbocycles. The third-order valence-electron chi connectivity index (χ3n) is 9.52. The molecule has 0 radical (unpaired) electrons. The van der Waals surface area contributed by atoms with Crippen molar-refractivity contribution in [2.24, 2.45) is 17.8 Å². The molecule has 46 heavy (non-hydrogen) atoms. The molecule has 0 spiro atoms. The van der Waals surface area contributed by atoms with Crippen LogP contribution in [0.5, 0.6) is 0 Å². The lowest BCUT2D eigenvalue weighted by atomic mass is 9.77. The van der Waals surface area contributed by atoms with Crippen LogP contribution in [0.25, 0.3) is 0 Å². The molecule has 1 N–H and O–H groups in total. The maximum Gasteiger partial charge on any atom is 0.435 e. The second-order valence-electron chi connectivity index (χ2n) is 12.5. The zero-order valence-corrected chi connectivity index (χ0v) is 25.0. The number of piperidine rings is 1. The number of hydrogen-bond acceptors (Lipinski definition) is 4. The van der Waals surface area contributed by atoms with Gasteiger partial charge in [-0.25, -0.2) is 4.79 Å². The number of urea groups is 1. The summed E-state index contributed by atoms with van der Waals surface area (Å²) >= 11 is 0. The molecule has 2 aliphatic heterocycles. The minimum Gasteiger partial charge on any atom is -0.380 e. The Morgan fingerprint density at radius 3 is 2.50 bits per heavy atom. The highest BCUT2D eigenvalue weighted by molar-refractivity contribution is 5.76. The minimum atomic E-state index is -5.11. The maximum absolute atomic E-state index is 13.6. The van der Waals surface area contributed by atoms with Crippen LogP contribution in [0.15, 0.2) is 54.3 Å². The number of carbonyl (C=O) groups excluding carboxylic acids is 2. The third-order valence-corrected chi connectivity index (χ3v) is 9.52. The number of carbonyl (C=O) groups is 2. The number of nitrogens with zero attached hydrogens (tertiary/aromatic N) is 4. The normalized spacial score (nSPS) is 24.0. The predicted octanol–water partition coefficient (Wildman–Crippen LogP) is 6.66. The van der Waals surface area contributed by atoms with Crippen LogP contribution in [-0.2, 0) is 35.0 Å². The fourth-order valence-electron chi connectivity index (χ4n) is 7.14. The lowest BCUT2D eigenvalue weighted by molar-refractivity contribution is -0.146. The number of fused-ring (bicyclic) bond motifs is 2. The van der Waals surface area contributed by atoms with Gasteiger partial charge < -0.3 is 15.1 Å². The highest BCUT2D eigenvalue weighted by atomic mass is 19.4. The molecule has 2 saturated heterocycles. The van der Waals surface area contributed by atoms with Crippen molar-refractivity contribution in [2.75, 3.05) is 19.6 Å². The van der Waals surface area contributed by atoms with Crippen LogP contribution in [0.4, 0.5) is 31.1 Å². The van der Waals surface area contributed by atoms with E-state index in [1.165, 1.54) is 15.5 Å². The highest BCUT2D eigenvalue weighted by Crippen LogP contribution is 2.40. The van der Waals surface area contributed by atoms with Gasteiger partial charge in [0.25, 0.3) is 0 Å². The van der Waals surface area contributed by atoms with Gasteiger partial charge in [-0.15, -0.1) is 0 Å². The standard InChI is InChI=1S/C32H35F6N5O3/c33-31(34,35)27-17-28(32(36,37)38)42(40-27)19-29(44)41-14-12-20(13-15-41)23-16-22-7-2-4-11-26(22)46-43(18-23)30(45)39-25-10-5-8-21-6-1-3-9-24(21)25/h1-4,6,9,11,17,20,22-23,25H,5,7-8,10,12-16,18-19H2,(H,39,45). The van der Waals surface area contributed by atoms with Gasteiger partial charge in [0.15, 0.2) is 5.69 Å². The van der Waals surface area contributed by atoms with E-state index < -0.39 is 36.2 Å². The number of likely N-dealkylation sites (tertiary alicyclic amines) is 1. The summed E-state index contributed by atoms with van der Waals surface area (Å²) in [6, 6.07) is 7.54. The Morgan fingerprint density at radius 2 is 1.76 bits per heavy atom. The number of hydrogen-bond donors (Lipinski definition) is 1. The van der Waals surface area contributed by atoms with Crippen LogP contribution in [0.1, 0.15) is 67.1 Å². The average molecular weight is 652 g/mol. The van der Waals surface area contributed by atoms with Gasteiger partial charge in [-0.1, -0.05) is 36.4 Å². The number of benzene rings is 1. The van der Waals surface area contributed by atoms with Crippen LogP contribution in [-0.4, -0.2) is 51.3 Å². The molecule has 3 amide bonds. The minimum absolute atomic E-state index is 0.0290. The van der Waals surface area contributed by atoms with E-state index in [1.54, 1.807) is 0 Å². The average Bonchev–Trinajstić information content (AvgIpc) is 3.37. The summed E-state index contributed by atoms with van der Waals surface area (Å²) in [7, 11) is 0. The Morgan fingerprint density at radius 1 is 1.00 bits per heavy atom. The molecular formula is C32H35F6N5O3. The van der Waals surface area contributed by atoms with E-state index in [0.29, 0.717) is 19.4 Å². The lowest BCUT2D eigenvalue weighted by Crippen LogP contribution is -2.46. The maximum atomic E-state index is 13.6. The van der Waals surface area contributed by atoms with Crippen LogP contribution >= 0.6 is 0 Å². The molecule has 0 bridgehead atoms. The molecule has 248 valence electrons. The Bertz CT molecular complexity index is 1510. The summed E-state index contributed by atoms with van der Waals surface area (Å²) in [5.74, 6) is 0.180. The Balaban J connectivity index is 1.12. The van der Waals surface area contributed by atoms with Crippen LogP contribution < -0.4 is 5.32 Å². The van der Waals surface area contributed by atoms with Gasteiger partial charge in [0, 0.05) is 25.1 Å². The Kier molecular flexibility index (Phi) is 8.81. The van der Waals surface area contributed by atoms with Gasteiger partial charge in [-0.05, 0) is 74.0 Å². The molecular weight excluding hydrogens is 616 g/mol. The Hall–Kier alpha value is -3.97. The van der Waals surface area contributed by atoms with Crippen LogP contribution in [0, 0.1) is 17.8 Å². The highest BCUT2D eigenvalue weighted by Gasteiger charge is 2.43. The van der Waals surface area contributed by atoms with Crippen LogP contribution in [0.2, 0.25) is 0 Å². The van der Waals surface area contributed by atoms with Gasteiger partial charge in [0.1, 0.15) is 18.0 Å². The van der Waals surface area contributed by atoms with E-state index in [9.17, 15) is 35.9 Å². The number of aromatic nitrogens is 2. The van der Waals surface area contributed by atoms with Crippen molar-refractivity contribution in [3.05, 3.63) is 76.8 Å². The number of hydroxylamine groups is 2. The topological polar surface area (TPSA) is 79.7 Å². The first-order chi connectivity index (χ1) is 21.9. The molecule has 2 aromatic rings. The molecule has 3 heterocycles. The second kappa shape index (κ2) is 12.7. The number of allylic oxidation sites excluding steroid dienone is 4. The van der Waals surface area contributed by atoms with Gasteiger partial charge in [-0.2, -0.15) is 36.5 Å². The van der Waals surface area contributed by atoms with E-state index >= 15 is 0 Å². The molecule has 1 aromatic carbocycles.